The normalized spacial score (nSPS) is 11.0. The van der Waals surface area contributed by atoms with Crippen molar-refractivity contribution in [2.75, 3.05) is 7.11 Å². The maximum absolute atomic E-state index is 12.0. The van der Waals surface area contributed by atoms with Gasteiger partial charge in [0.15, 0.2) is 16.7 Å². The van der Waals surface area contributed by atoms with E-state index in [1.807, 2.05) is 24.4 Å². The van der Waals surface area contributed by atoms with Crippen LogP contribution in [0.4, 0.5) is 0 Å². The molecule has 2 aromatic heterocycles. The summed E-state index contributed by atoms with van der Waals surface area (Å²) in [5, 5.41) is 0.317. The Morgan fingerprint density at radius 1 is 1.17 bits per heavy atom. The highest BCUT2D eigenvalue weighted by Gasteiger charge is 2.09. The second kappa shape index (κ2) is 6.54. The Labute approximate surface area is 137 Å². The van der Waals surface area contributed by atoms with Crippen molar-refractivity contribution in [2.24, 2.45) is 0 Å². The third kappa shape index (κ3) is 3.19. The molecule has 0 saturated carbocycles. The van der Waals surface area contributed by atoms with Crippen LogP contribution in [0, 0.1) is 0 Å². The van der Waals surface area contributed by atoms with E-state index in [-0.39, 0.29) is 0 Å². The monoisotopic (exact) mass is 328 g/mol. The summed E-state index contributed by atoms with van der Waals surface area (Å²) in [5.41, 5.74) is 1.31. The number of benzene rings is 1. The van der Waals surface area contributed by atoms with Gasteiger partial charge in [-0.2, -0.15) is 0 Å². The average Bonchev–Trinajstić information content (AvgIpc) is 2.88. The predicted molar refractivity (Wildman–Crippen MR) is 87.9 cm³/mol. The van der Waals surface area contributed by atoms with Gasteiger partial charge in [-0.3, -0.25) is 4.40 Å². The highest BCUT2D eigenvalue weighted by Crippen LogP contribution is 2.26. The number of methoxy groups -OCH3 is 1. The smallest absolute Gasteiger partial charge is 0.336 e. The molecule has 0 spiro atoms. The molecule has 0 fully saturated rings. The largest absolute Gasteiger partial charge is 0.493 e. The van der Waals surface area contributed by atoms with E-state index in [1.165, 1.54) is 13.2 Å². The van der Waals surface area contributed by atoms with Crippen LogP contribution in [0.25, 0.3) is 11.7 Å². The van der Waals surface area contributed by atoms with Gasteiger partial charge in [-0.25, -0.2) is 9.78 Å². The lowest BCUT2D eigenvalue weighted by molar-refractivity contribution is -0.129. The van der Waals surface area contributed by atoms with Crippen LogP contribution in [0.5, 0.6) is 11.5 Å². The van der Waals surface area contributed by atoms with Crippen LogP contribution in [0.1, 0.15) is 5.69 Å². The lowest BCUT2D eigenvalue weighted by atomic mass is 10.3. The molecule has 0 aliphatic carbocycles. The first kappa shape index (κ1) is 15.1. The van der Waals surface area contributed by atoms with Crippen LogP contribution in [0.15, 0.2) is 54.7 Å². The van der Waals surface area contributed by atoms with Gasteiger partial charge in [-0.1, -0.05) is 29.8 Å². The minimum Gasteiger partial charge on any atom is -0.493 e. The number of pyridine rings is 1. The standard InChI is InChI=1S/C17H13ClN2O3/c1-22-13-6-2-3-7-14(13)23-16(21)10-9-12-17(18)19-15-8-4-5-11-20(12)15/h2-11H,1H3/b10-9+. The Balaban J connectivity index is 1.82. The van der Waals surface area contributed by atoms with Crippen molar-refractivity contribution in [1.82, 2.24) is 9.38 Å². The highest BCUT2D eigenvalue weighted by molar-refractivity contribution is 6.31. The molecule has 0 radical (unpaired) electrons. The molecular formula is C17H13ClN2O3. The number of carbonyl (C=O) groups excluding carboxylic acids is 1. The molecule has 3 rings (SSSR count). The van der Waals surface area contributed by atoms with Crippen LogP contribution in [-0.2, 0) is 4.79 Å². The second-order valence-electron chi connectivity index (χ2n) is 4.62. The molecule has 116 valence electrons. The van der Waals surface area contributed by atoms with Crippen molar-refractivity contribution < 1.29 is 14.3 Å². The number of aromatic nitrogens is 2. The van der Waals surface area contributed by atoms with Gasteiger partial charge in [-0.05, 0) is 30.3 Å². The van der Waals surface area contributed by atoms with Crippen LogP contribution in [-0.4, -0.2) is 22.5 Å². The lowest BCUT2D eigenvalue weighted by Crippen LogP contribution is -2.05. The zero-order valence-corrected chi connectivity index (χ0v) is 13.0. The van der Waals surface area contributed by atoms with Crippen molar-refractivity contribution in [3.05, 3.63) is 65.6 Å². The summed E-state index contributed by atoms with van der Waals surface area (Å²) in [4.78, 5) is 16.2. The molecule has 1 aromatic carbocycles. The molecule has 0 bridgehead atoms. The van der Waals surface area contributed by atoms with Crippen LogP contribution < -0.4 is 9.47 Å². The highest BCUT2D eigenvalue weighted by atomic mass is 35.5. The van der Waals surface area contributed by atoms with Gasteiger partial charge < -0.3 is 9.47 Å². The Kier molecular flexibility index (Phi) is 4.30. The summed E-state index contributed by atoms with van der Waals surface area (Å²) < 4.78 is 12.2. The number of imidazole rings is 1. The van der Waals surface area contributed by atoms with Crippen LogP contribution in [0.3, 0.4) is 0 Å². The first-order chi connectivity index (χ1) is 11.2. The third-order valence-corrected chi connectivity index (χ3v) is 3.46. The Bertz CT molecular complexity index is 886. The molecule has 0 N–H and O–H groups in total. The molecule has 0 atom stereocenters. The zero-order valence-electron chi connectivity index (χ0n) is 12.3. The van der Waals surface area contributed by atoms with Gasteiger partial charge in [-0.15, -0.1) is 0 Å². The molecule has 2 heterocycles. The fraction of sp³-hybridized carbons (Fsp3) is 0.0588. The summed E-state index contributed by atoms with van der Waals surface area (Å²) in [5.74, 6) is 0.312. The SMILES string of the molecule is COc1ccccc1OC(=O)/C=C/c1c(Cl)nc2ccccn12. The maximum atomic E-state index is 12.0. The zero-order chi connectivity index (χ0) is 16.2. The van der Waals surface area contributed by atoms with E-state index in [9.17, 15) is 4.79 Å². The number of esters is 1. The van der Waals surface area contributed by atoms with E-state index in [0.717, 1.165) is 0 Å². The lowest BCUT2D eigenvalue weighted by Gasteiger charge is -2.06. The number of hydrogen-bond donors (Lipinski definition) is 0. The third-order valence-electron chi connectivity index (χ3n) is 3.18. The van der Waals surface area contributed by atoms with Crippen molar-refractivity contribution >= 4 is 29.3 Å². The quantitative estimate of drug-likeness (QED) is 0.417. The van der Waals surface area contributed by atoms with Gasteiger partial charge in [0.2, 0.25) is 0 Å². The van der Waals surface area contributed by atoms with Crippen molar-refractivity contribution in [3.8, 4) is 11.5 Å². The molecule has 5 nitrogen and oxygen atoms in total. The second-order valence-corrected chi connectivity index (χ2v) is 4.98. The summed E-state index contributed by atoms with van der Waals surface area (Å²) in [7, 11) is 1.51. The number of fused-ring (bicyclic) bond motifs is 1. The topological polar surface area (TPSA) is 52.8 Å². The molecule has 0 unspecified atom stereocenters. The number of carbonyl (C=O) groups is 1. The van der Waals surface area contributed by atoms with E-state index in [0.29, 0.717) is 28.0 Å². The van der Waals surface area contributed by atoms with Crippen molar-refractivity contribution in [3.63, 3.8) is 0 Å². The average molecular weight is 329 g/mol. The number of rotatable bonds is 4. The van der Waals surface area contributed by atoms with Gasteiger partial charge in [0, 0.05) is 12.3 Å². The summed E-state index contributed by atoms with van der Waals surface area (Å²) in [6.07, 6.45) is 4.69. The van der Waals surface area contributed by atoms with E-state index in [2.05, 4.69) is 4.98 Å². The van der Waals surface area contributed by atoms with Gasteiger partial charge >= 0.3 is 5.97 Å². The van der Waals surface area contributed by atoms with Gasteiger partial charge in [0.1, 0.15) is 5.65 Å². The summed E-state index contributed by atoms with van der Waals surface area (Å²) >= 11 is 6.10. The molecule has 23 heavy (non-hydrogen) atoms. The number of para-hydroxylation sites is 2. The summed E-state index contributed by atoms with van der Waals surface area (Å²) in [6, 6.07) is 12.5. The van der Waals surface area contributed by atoms with Crippen LogP contribution in [0.2, 0.25) is 5.15 Å². The van der Waals surface area contributed by atoms with E-state index in [1.54, 1.807) is 34.7 Å². The Morgan fingerprint density at radius 3 is 2.70 bits per heavy atom. The Hall–Kier alpha value is -2.79. The van der Waals surface area contributed by atoms with Crippen molar-refractivity contribution in [2.45, 2.75) is 0 Å². The van der Waals surface area contributed by atoms with Gasteiger partial charge in [0.25, 0.3) is 0 Å². The molecule has 6 heteroatoms. The van der Waals surface area contributed by atoms with Crippen LogP contribution >= 0.6 is 11.6 Å². The fourth-order valence-electron chi connectivity index (χ4n) is 2.13. The molecule has 3 aromatic rings. The van der Waals surface area contributed by atoms with E-state index in [4.69, 9.17) is 21.1 Å². The van der Waals surface area contributed by atoms with E-state index >= 15 is 0 Å². The summed E-state index contributed by atoms with van der Waals surface area (Å²) in [6.45, 7) is 0. The Morgan fingerprint density at radius 2 is 1.91 bits per heavy atom. The fourth-order valence-corrected chi connectivity index (χ4v) is 2.37. The van der Waals surface area contributed by atoms with Gasteiger partial charge in [0.05, 0.1) is 12.8 Å². The maximum Gasteiger partial charge on any atom is 0.336 e. The first-order valence-electron chi connectivity index (χ1n) is 6.84. The molecular weight excluding hydrogens is 316 g/mol. The molecule has 0 aliphatic rings. The first-order valence-corrected chi connectivity index (χ1v) is 7.22. The predicted octanol–water partition coefficient (Wildman–Crippen LogP) is 3.62. The number of nitrogens with zero attached hydrogens (tertiary/aromatic N) is 2. The molecule has 0 amide bonds. The number of halogens is 1. The number of ether oxygens (including phenoxy) is 2. The molecule has 0 aliphatic heterocycles. The number of hydrogen-bond acceptors (Lipinski definition) is 4. The molecule has 0 saturated heterocycles. The van der Waals surface area contributed by atoms with Crippen molar-refractivity contribution in [1.29, 1.82) is 0 Å². The minimum absolute atomic E-state index is 0.317. The van der Waals surface area contributed by atoms with E-state index < -0.39 is 5.97 Å². The minimum atomic E-state index is -0.531.